The monoisotopic (exact) mass is 1490 g/mol. The van der Waals surface area contributed by atoms with Gasteiger partial charge in [-0.05, 0) is 33.6 Å². The summed E-state index contributed by atoms with van der Waals surface area (Å²) in [6, 6.07) is 0.323. The molecule has 6 unspecified atom stereocenters. The summed E-state index contributed by atoms with van der Waals surface area (Å²) in [6.07, 6.45) is 0.0203. The molecule has 6 atom stereocenters. The van der Waals surface area contributed by atoms with Crippen LogP contribution in [-0.2, 0) is 39.0 Å². The van der Waals surface area contributed by atoms with Gasteiger partial charge in [0.1, 0.15) is 42.0 Å². The Balaban J connectivity index is -0.000000195. The molecular weight excluding hydrogens is 1330 g/mol. The fourth-order valence-corrected chi connectivity index (χ4v) is 14.8. The van der Waals surface area contributed by atoms with E-state index in [9.17, 15) is 75.1 Å². The molecule has 3 N–H and O–H groups in total. The molecule has 26 nitrogen and oxygen atoms in total. The van der Waals surface area contributed by atoms with E-state index in [1.54, 1.807) is 6.92 Å². The van der Waals surface area contributed by atoms with E-state index in [-0.39, 0.29) is 54.2 Å². The summed E-state index contributed by atoms with van der Waals surface area (Å²) >= 11 is 0. The van der Waals surface area contributed by atoms with Crippen molar-refractivity contribution >= 4 is 47.4 Å². The van der Waals surface area contributed by atoms with Crippen LogP contribution >= 0.6 is 15.2 Å². The van der Waals surface area contributed by atoms with E-state index in [0.29, 0.717) is 97.3 Å². The Labute approximate surface area is 595 Å². The number of carboxylic acids is 2. The highest BCUT2D eigenvalue weighted by Gasteiger charge is 2.34. The zero-order valence-electron chi connectivity index (χ0n) is 68.5. The molecule has 0 saturated heterocycles. The standard InChI is InChI=1S/C13H27NO2.C11H27N2O2.C9H22NO3P.C9H21NO3S.C9H19NO2.C8H20NO3P.C8H19NO3S/c1-10(2)11(12(15)16)8-14(6,7)9-13(3,4)5;1-10(2)12(6,7)9-13(14,15)8-11(3,4)5;2*1-8(2)6-10(4,5)7-9(3)14(11,12)13;1-8(2)7-10(3,4)6-5-9(11)12;2*1-8(2)7-9(3,4)5-6-13(10,11)12/h10-11H,8-9H2,1-7H3;10,14H,8-9H2,1-7H3;8-9H,6-7H2,1-5H3,(H-,11,12,13);8-9H,6-7H2,1-5H3;8H,5-7H2,1-4H3;8H,5-7H2,1-4H3,(H-,10,11,12);8H,5-7H2,1-4H3/q;+1;;;;;. The number of aliphatic carboxylic acids is 2. The van der Waals surface area contributed by atoms with Gasteiger partial charge in [0.05, 0.1) is 218 Å². The van der Waals surface area contributed by atoms with Gasteiger partial charge in [-0.15, -0.1) is 0 Å². The molecule has 592 valence electrons. The van der Waals surface area contributed by atoms with Crippen LogP contribution in [0.2, 0.25) is 0 Å². The SMILES string of the molecule is CC(C)C(C[N+](C)(C)CC(C)(C)C)C(=O)[O-].CC(C)C[N+](C)(C)CC(C)P(=O)([O-])O.CC(C)C[N+](C)(C)CC(C)S(=O)(=O)[O-].CC(C)C[N+](C)(C)CCC(=O)[O-].CC(C)C[N+](C)(C)CCP(=O)([O-])O.CC(C)C[N+](C)(C)CCS(=O)(=O)[O-].CC(C)[N+](C)(C)C[N+]([O-])(O)CC(C)(C)C. The van der Waals surface area contributed by atoms with Crippen LogP contribution in [0.1, 0.15) is 159 Å². The Hall–Kier alpha value is -1.34. The highest BCUT2D eigenvalue weighted by molar-refractivity contribution is 7.86. The molecule has 0 aromatic rings. The maximum Gasteiger partial charge on any atom is 0.236 e. The lowest BCUT2D eigenvalue weighted by Gasteiger charge is -2.44. The van der Waals surface area contributed by atoms with Gasteiger partial charge in [0, 0.05) is 52.8 Å². The lowest BCUT2D eigenvalue weighted by atomic mass is 9.91. The van der Waals surface area contributed by atoms with E-state index in [2.05, 4.69) is 118 Å². The molecular formula is C67H155N8O18P2S2+. The van der Waals surface area contributed by atoms with Crippen LogP contribution in [0.4, 0.5) is 0 Å². The van der Waals surface area contributed by atoms with Crippen molar-refractivity contribution in [3.8, 4) is 0 Å². The van der Waals surface area contributed by atoms with E-state index in [4.69, 9.17) is 9.79 Å². The quantitative estimate of drug-likeness (QED) is 0.0251. The maximum atomic E-state index is 11.9. The summed E-state index contributed by atoms with van der Waals surface area (Å²) < 4.78 is 89.2. The Morgan fingerprint density at radius 1 is 0.474 bits per heavy atom. The highest BCUT2D eigenvalue weighted by Crippen LogP contribution is 2.37. The number of carboxylic acid groups (broad SMARTS) is 2. The fraction of sp³-hybridized carbons (Fsp3) is 0.970. The van der Waals surface area contributed by atoms with E-state index < -0.39 is 63.1 Å². The fourth-order valence-electron chi connectivity index (χ4n) is 12.1. The molecule has 0 aliphatic rings. The molecule has 0 radical (unpaired) electrons. The Morgan fingerprint density at radius 3 is 1.05 bits per heavy atom. The predicted molar refractivity (Wildman–Crippen MR) is 387 cm³/mol. The molecule has 0 heterocycles. The zero-order valence-corrected chi connectivity index (χ0v) is 72.0. The summed E-state index contributed by atoms with van der Waals surface area (Å²) in [5.74, 6) is 0.256. The second kappa shape index (κ2) is 45.1. The zero-order chi connectivity index (χ0) is 79.9. The van der Waals surface area contributed by atoms with Crippen molar-refractivity contribution in [3.63, 3.8) is 0 Å². The molecule has 0 fully saturated rings. The van der Waals surface area contributed by atoms with Crippen molar-refractivity contribution in [1.82, 2.24) is 0 Å². The lowest BCUT2D eigenvalue weighted by molar-refractivity contribution is -1.17. The summed E-state index contributed by atoms with van der Waals surface area (Å²) in [4.78, 5) is 59.0. The first-order chi connectivity index (χ1) is 42.0. The number of rotatable bonds is 34. The van der Waals surface area contributed by atoms with Crippen molar-refractivity contribution in [1.29, 1.82) is 0 Å². The minimum Gasteiger partial charge on any atom is -0.778 e. The number of quaternary nitrogens is 8. The van der Waals surface area contributed by atoms with Gasteiger partial charge in [0.2, 0.25) is 6.67 Å². The number of carbonyl (C=O) groups is 2. The molecule has 0 amide bonds. The van der Waals surface area contributed by atoms with Gasteiger partial charge in [0.25, 0.3) is 0 Å². The van der Waals surface area contributed by atoms with Gasteiger partial charge in [-0.1, -0.05) is 125 Å². The van der Waals surface area contributed by atoms with Crippen molar-refractivity contribution < 1.29 is 116 Å². The first-order valence-corrected chi connectivity index (χ1v) is 40.8. The number of hydrogen-bond acceptors (Lipinski definition) is 16. The van der Waals surface area contributed by atoms with Gasteiger partial charge in [-0.25, -0.2) is 22.0 Å². The van der Waals surface area contributed by atoms with Crippen LogP contribution < -0.4 is 20.0 Å². The van der Waals surface area contributed by atoms with E-state index in [1.807, 2.05) is 119 Å². The Morgan fingerprint density at radius 2 is 0.794 bits per heavy atom. The lowest BCUT2D eigenvalue weighted by Crippen LogP contribution is -2.59. The molecule has 0 bridgehead atoms. The van der Waals surface area contributed by atoms with E-state index in [1.165, 1.54) is 6.92 Å². The predicted octanol–water partition coefficient (Wildman–Crippen LogP) is 5.00. The summed E-state index contributed by atoms with van der Waals surface area (Å²) in [5.41, 5.74) is -0.624. The van der Waals surface area contributed by atoms with Crippen LogP contribution in [0.3, 0.4) is 0 Å². The third-order valence-corrected chi connectivity index (χ3v) is 19.0. The highest BCUT2D eigenvalue weighted by atomic mass is 32.2. The van der Waals surface area contributed by atoms with Gasteiger partial charge in [-0.3, -0.25) is 4.48 Å². The van der Waals surface area contributed by atoms with Crippen molar-refractivity contribution in [3.05, 3.63) is 5.21 Å². The number of hydrogen-bond donors (Lipinski definition) is 3. The van der Waals surface area contributed by atoms with Crippen LogP contribution in [0.5, 0.6) is 0 Å². The second-order valence-corrected chi connectivity index (χ2v) is 44.2. The van der Waals surface area contributed by atoms with Gasteiger partial charge in [-0.2, -0.15) is 4.81 Å². The van der Waals surface area contributed by atoms with Crippen LogP contribution in [-0.4, -0.2) is 308 Å². The largest absolute Gasteiger partial charge is 0.778 e. The Bertz CT molecular complexity index is 2480. The molecule has 0 aromatic carbocycles. The summed E-state index contributed by atoms with van der Waals surface area (Å²) in [7, 11) is 11.4. The molecule has 0 aliphatic heterocycles. The minimum atomic E-state index is -4.16. The summed E-state index contributed by atoms with van der Waals surface area (Å²) in [6.45, 7) is 53.3. The van der Waals surface area contributed by atoms with Gasteiger partial charge < -0.3 is 89.7 Å². The number of hydroxylamine groups is 4. The van der Waals surface area contributed by atoms with Crippen molar-refractivity contribution in [2.24, 2.45) is 52.3 Å². The van der Waals surface area contributed by atoms with Gasteiger partial charge >= 0.3 is 0 Å². The third kappa shape index (κ3) is 77.1. The number of carbonyl (C=O) groups excluding carboxylic acids is 2. The molecule has 0 aromatic heterocycles. The normalized spacial score (nSPS) is 16.1. The molecule has 0 rings (SSSR count). The minimum absolute atomic E-state index is 0.127. The first-order valence-electron chi connectivity index (χ1n) is 34.4. The molecule has 0 aliphatic carbocycles. The van der Waals surface area contributed by atoms with Crippen LogP contribution in [0.25, 0.3) is 0 Å². The molecule has 97 heavy (non-hydrogen) atoms. The molecule has 0 saturated carbocycles. The Kier molecular flexibility index (Phi) is 50.7. The molecule has 0 spiro atoms. The average molecular weight is 1490 g/mol. The average Bonchev–Trinajstić information content (AvgIpc) is 0.858. The van der Waals surface area contributed by atoms with Crippen LogP contribution in [0, 0.1) is 57.5 Å². The van der Waals surface area contributed by atoms with E-state index >= 15 is 0 Å². The summed E-state index contributed by atoms with van der Waals surface area (Å²) in [5, 5.41) is 42.2. The maximum absolute atomic E-state index is 11.9. The number of nitrogens with zero attached hydrogens (tertiary/aromatic N) is 8. The third-order valence-electron chi connectivity index (χ3n) is 15.1. The van der Waals surface area contributed by atoms with Crippen molar-refractivity contribution in [2.45, 2.75) is 176 Å². The molecule has 30 heteroatoms. The van der Waals surface area contributed by atoms with E-state index in [0.717, 1.165) is 48.2 Å². The van der Waals surface area contributed by atoms with Crippen LogP contribution in [0.15, 0.2) is 0 Å². The van der Waals surface area contributed by atoms with Gasteiger partial charge in [0.15, 0.2) is 0 Å². The van der Waals surface area contributed by atoms with Crippen molar-refractivity contribution in [2.75, 3.05) is 202 Å². The smallest absolute Gasteiger partial charge is 0.236 e. The first kappa shape index (κ1) is 109. The second-order valence-electron chi connectivity index (χ2n) is 37.1. The topological polar surface area (TPSA) is 359 Å².